The number of nitrogens with one attached hydrogen (secondary N) is 2. The van der Waals surface area contributed by atoms with Gasteiger partial charge in [-0.25, -0.2) is 0 Å². The van der Waals surface area contributed by atoms with Gasteiger partial charge < -0.3 is 30.7 Å². The number of amides is 2. The van der Waals surface area contributed by atoms with Gasteiger partial charge in [0, 0.05) is 18.3 Å². The van der Waals surface area contributed by atoms with Crippen LogP contribution in [0.2, 0.25) is 0 Å². The van der Waals surface area contributed by atoms with Gasteiger partial charge in [-0.15, -0.1) is 0 Å². The van der Waals surface area contributed by atoms with Gasteiger partial charge in [0.25, 0.3) is 0 Å². The Hall–Kier alpha value is -3.12. The largest absolute Gasteiger partial charge is 0.480 e. The van der Waals surface area contributed by atoms with Crippen LogP contribution in [0.25, 0.3) is 0 Å². The zero-order chi connectivity index (χ0) is 32.6. The van der Waals surface area contributed by atoms with Crippen molar-refractivity contribution in [1.82, 2.24) is 10.6 Å². The Bertz CT molecular complexity index is 1250. The summed E-state index contributed by atoms with van der Waals surface area (Å²) in [4.78, 5) is 73.4. The van der Waals surface area contributed by atoms with Gasteiger partial charge in [0.2, 0.25) is 17.6 Å². The van der Waals surface area contributed by atoms with E-state index in [2.05, 4.69) is 17.6 Å². The van der Waals surface area contributed by atoms with Gasteiger partial charge in [0.15, 0.2) is 12.4 Å². The molecule has 12 nitrogen and oxygen atoms in total. The number of Topliss-reactive ketones (excluding diaryl/α,β-unsaturated/α-hetero) is 1. The number of carboxylic acid groups (broad SMARTS) is 1. The summed E-state index contributed by atoms with van der Waals surface area (Å²) in [5.74, 6) is -4.15. The van der Waals surface area contributed by atoms with Crippen molar-refractivity contribution in [2.24, 2.45) is 34.5 Å². The highest BCUT2D eigenvalue weighted by Crippen LogP contribution is 2.67. The van der Waals surface area contributed by atoms with Crippen LogP contribution in [0.4, 0.5) is 0 Å². The van der Waals surface area contributed by atoms with Crippen LogP contribution in [0.1, 0.15) is 85.5 Å². The van der Waals surface area contributed by atoms with Gasteiger partial charge in [0.05, 0.1) is 12.5 Å². The minimum absolute atomic E-state index is 0.0122. The molecule has 4 rings (SSSR count). The molecular weight excluding hydrogens is 572 g/mol. The number of esters is 1. The second-order valence-electron chi connectivity index (χ2n) is 14.0. The lowest BCUT2D eigenvalue weighted by atomic mass is 9.45. The Balaban J connectivity index is 1.33. The molecule has 0 aromatic rings. The summed E-state index contributed by atoms with van der Waals surface area (Å²) in [6.45, 7) is 6.08. The van der Waals surface area contributed by atoms with E-state index in [0.717, 1.165) is 18.4 Å². The number of aliphatic hydroxyl groups is 2. The van der Waals surface area contributed by atoms with E-state index in [-0.39, 0.29) is 60.6 Å². The molecule has 3 fully saturated rings. The number of rotatable bonds is 11. The predicted molar refractivity (Wildman–Crippen MR) is 156 cm³/mol. The fraction of sp³-hybridized carbons (Fsp3) is 0.750. The molecule has 0 unspecified atom stereocenters. The van der Waals surface area contributed by atoms with Crippen LogP contribution in [0.15, 0.2) is 11.6 Å². The third kappa shape index (κ3) is 6.20. The van der Waals surface area contributed by atoms with Crippen molar-refractivity contribution in [3.8, 4) is 0 Å². The van der Waals surface area contributed by atoms with Gasteiger partial charge in [-0.1, -0.05) is 33.3 Å². The van der Waals surface area contributed by atoms with E-state index in [4.69, 9.17) is 9.84 Å². The fourth-order valence-corrected chi connectivity index (χ4v) is 8.76. The third-order valence-corrected chi connectivity index (χ3v) is 11.1. The Morgan fingerprint density at radius 2 is 1.77 bits per heavy atom. The van der Waals surface area contributed by atoms with Crippen molar-refractivity contribution in [1.29, 1.82) is 0 Å². The van der Waals surface area contributed by atoms with Gasteiger partial charge >= 0.3 is 11.9 Å². The standard InChI is InChI=1S/C32H46N2O10/c1-17(2)28(29(42)33-15-25(39)40)34-24(38)7-8-26(41)44-16-23(37)32(43)12-10-21-20-6-5-18-13-19(35)9-11-30(18,3)27(20)22(36)14-31(21,32)4/h13,17,20-22,27-28,36,43H,5-12,14-16H2,1-4H3,(H,33,42)(H,34,38)(H,39,40)/t20-,21-,22-,27+,28-,30-,31-,32-/m0/s1. The molecule has 4 aliphatic rings. The lowest BCUT2D eigenvalue weighted by Gasteiger charge is -2.60. The minimum atomic E-state index is -1.78. The lowest BCUT2D eigenvalue weighted by molar-refractivity contribution is -0.184. The van der Waals surface area contributed by atoms with Crippen LogP contribution < -0.4 is 10.6 Å². The molecule has 3 saturated carbocycles. The zero-order valence-electron chi connectivity index (χ0n) is 26.0. The zero-order valence-corrected chi connectivity index (χ0v) is 26.0. The van der Waals surface area contributed by atoms with E-state index < -0.39 is 65.8 Å². The van der Waals surface area contributed by atoms with Gasteiger partial charge in [-0.3, -0.25) is 28.8 Å². The molecule has 0 aromatic heterocycles. The van der Waals surface area contributed by atoms with Gasteiger partial charge in [-0.2, -0.15) is 0 Å². The Labute approximate surface area is 257 Å². The van der Waals surface area contributed by atoms with Crippen molar-refractivity contribution in [3.63, 3.8) is 0 Å². The molecule has 0 radical (unpaired) electrons. The maximum atomic E-state index is 13.4. The molecule has 44 heavy (non-hydrogen) atoms. The smallest absolute Gasteiger partial charge is 0.322 e. The number of fused-ring (bicyclic) bond motifs is 5. The quantitative estimate of drug-likeness (QED) is 0.211. The molecule has 12 heteroatoms. The van der Waals surface area contributed by atoms with E-state index in [0.29, 0.717) is 19.3 Å². The number of aliphatic carboxylic acids is 1. The SMILES string of the molecule is CC(C)[C@H](NC(=O)CCC(=O)OCC(=O)[C@@]1(O)CC[C@H]2[C@@H]3CCC4=CC(=O)CC[C@]4(C)[C@H]3[C@@H](O)C[C@@]21C)C(=O)NCC(=O)O. The van der Waals surface area contributed by atoms with E-state index in [9.17, 15) is 39.0 Å². The fourth-order valence-electron chi connectivity index (χ4n) is 8.76. The van der Waals surface area contributed by atoms with Crippen LogP contribution in [0, 0.1) is 34.5 Å². The van der Waals surface area contributed by atoms with Crippen LogP contribution >= 0.6 is 0 Å². The van der Waals surface area contributed by atoms with Gasteiger partial charge in [0.1, 0.15) is 18.2 Å². The third-order valence-electron chi connectivity index (χ3n) is 11.1. The number of ketones is 2. The first-order chi connectivity index (χ1) is 20.5. The van der Waals surface area contributed by atoms with Crippen LogP contribution in [0.5, 0.6) is 0 Å². The minimum Gasteiger partial charge on any atom is -0.480 e. The maximum absolute atomic E-state index is 13.4. The van der Waals surface area contributed by atoms with Crippen LogP contribution in [0.3, 0.4) is 0 Å². The van der Waals surface area contributed by atoms with Crippen molar-refractivity contribution in [2.45, 2.75) is 103 Å². The summed E-state index contributed by atoms with van der Waals surface area (Å²) < 4.78 is 5.18. The molecule has 0 spiro atoms. The first-order valence-corrected chi connectivity index (χ1v) is 15.7. The second kappa shape index (κ2) is 12.7. The van der Waals surface area contributed by atoms with E-state index in [1.54, 1.807) is 19.9 Å². The first kappa shape index (κ1) is 33.8. The number of ether oxygens (including phenoxy) is 1. The van der Waals surface area contributed by atoms with E-state index in [1.165, 1.54) is 0 Å². The summed E-state index contributed by atoms with van der Waals surface area (Å²) in [6, 6.07) is -0.995. The number of carbonyl (C=O) groups is 6. The van der Waals surface area contributed by atoms with Crippen molar-refractivity contribution in [2.75, 3.05) is 13.2 Å². The molecular formula is C32H46N2O10. The van der Waals surface area contributed by atoms with E-state index >= 15 is 0 Å². The highest BCUT2D eigenvalue weighted by atomic mass is 16.5. The van der Waals surface area contributed by atoms with Gasteiger partial charge in [-0.05, 0) is 73.7 Å². The summed E-state index contributed by atoms with van der Waals surface area (Å²) in [6.07, 6.45) is 4.01. The molecule has 0 aliphatic heterocycles. The molecule has 8 atom stereocenters. The normalized spacial score (nSPS) is 35.0. The second-order valence-corrected chi connectivity index (χ2v) is 14.0. The Kier molecular flexibility index (Phi) is 9.75. The van der Waals surface area contributed by atoms with Crippen molar-refractivity contribution < 1.29 is 48.8 Å². The number of aliphatic hydroxyl groups excluding tert-OH is 1. The summed E-state index contributed by atoms with van der Waals surface area (Å²) in [5.41, 5.74) is -1.88. The van der Waals surface area contributed by atoms with Crippen LogP contribution in [-0.2, 0) is 33.5 Å². The molecule has 244 valence electrons. The number of carbonyl (C=O) groups excluding carboxylic acids is 5. The number of hydrogen-bond donors (Lipinski definition) is 5. The highest BCUT2D eigenvalue weighted by molar-refractivity contribution is 5.93. The molecule has 0 heterocycles. The number of allylic oxidation sites excluding steroid dienone is 1. The molecule has 0 saturated heterocycles. The average molecular weight is 619 g/mol. The van der Waals surface area contributed by atoms with E-state index in [1.807, 2.05) is 6.92 Å². The lowest BCUT2D eigenvalue weighted by Crippen LogP contribution is -2.62. The monoisotopic (exact) mass is 618 g/mol. The number of hydrogen-bond acceptors (Lipinski definition) is 9. The summed E-state index contributed by atoms with van der Waals surface area (Å²) in [5, 5.41) is 36.8. The van der Waals surface area contributed by atoms with Crippen molar-refractivity contribution >= 4 is 35.3 Å². The molecule has 5 N–H and O–H groups in total. The first-order valence-electron chi connectivity index (χ1n) is 15.7. The molecule has 0 bridgehead atoms. The number of carboxylic acids is 1. The van der Waals surface area contributed by atoms with Crippen molar-refractivity contribution in [3.05, 3.63) is 11.6 Å². The topological polar surface area (TPSA) is 196 Å². The Morgan fingerprint density at radius 1 is 1.07 bits per heavy atom. The molecule has 2 amide bonds. The maximum Gasteiger partial charge on any atom is 0.322 e. The summed E-state index contributed by atoms with van der Waals surface area (Å²) >= 11 is 0. The highest BCUT2D eigenvalue weighted by Gasteiger charge is 2.68. The Morgan fingerprint density at radius 3 is 2.43 bits per heavy atom. The molecule has 0 aromatic carbocycles. The predicted octanol–water partition coefficient (Wildman–Crippen LogP) is 1.45. The molecule has 4 aliphatic carbocycles. The summed E-state index contributed by atoms with van der Waals surface area (Å²) in [7, 11) is 0. The average Bonchev–Trinajstić information content (AvgIpc) is 3.22. The van der Waals surface area contributed by atoms with Crippen LogP contribution in [-0.4, -0.2) is 81.5 Å².